The molecule has 2 rings (SSSR count). The lowest BCUT2D eigenvalue weighted by Gasteiger charge is -2.28. The molecule has 1 aliphatic carbocycles. The van der Waals surface area contributed by atoms with Gasteiger partial charge in [-0.1, -0.05) is 0 Å². The molecule has 0 spiro atoms. The molecular formula is C14H22N2. The van der Waals surface area contributed by atoms with Crippen molar-refractivity contribution in [2.45, 2.75) is 39.2 Å². The third kappa shape index (κ3) is 2.49. The van der Waals surface area contributed by atoms with Crippen LogP contribution in [0.15, 0.2) is 24.3 Å². The van der Waals surface area contributed by atoms with E-state index in [4.69, 9.17) is 0 Å². The van der Waals surface area contributed by atoms with Crippen LogP contribution in [-0.4, -0.2) is 19.1 Å². The molecular weight excluding hydrogens is 196 g/mol. The minimum Gasteiger partial charge on any atom is -0.382 e. The van der Waals surface area contributed by atoms with Gasteiger partial charge < -0.3 is 10.2 Å². The van der Waals surface area contributed by atoms with E-state index in [0.29, 0.717) is 0 Å². The number of hydrogen-bond donors (Lipinski definition) is 1. The number of benzene rings is 1. The van der Waals surface area contributed by atoms with Gasteiger partial charge in [0.2, 0.25) is 0 Å². The molecule has 1 aliphatic rings. The summed E-state index contributed by atoms with van der Waals surface area (Å²) in [5, 5.41) is 3.56. The average Bonchev–Trinajstić information content (AvgIpc) is 2.27. The van der Waals surface area contributed by atoms with E-state index in [0.717, 1.165) is 19.1 Å². The molecule has 88 valence electrons. The Morgan fingerprint density at radius 3 is 2.19 bits per heavy atom. The van der Waals surface area contributed by atoms with Crippen LogP contribution in [0.3, 0.4) is 0 Å². The molecule has 1 aromatic carbocycles. The molecule has 1 aromatic rings. The van der Waals surface area contributed by atoms with Crippen molar-refractivity contribution in [2.24, 2.45) is 0 Å². The van der Waals surface area contributed by atoms with Crippen molar-refractivity contribution in [2.75, 3.05) is 23.3 Å². The van der Waals surface area contributed by atoms with Gasteiger partial charge in [0.25, 0.3) is 0 Å². The summed E-state index contributed by atoms with van der Waals surface area (Å²) in [5.74, 6) is 0. The Labute approximate surface area is 98.7 Å². The normalized spacial score (nSPS) is 15.6. The first kappa shape index (κ1) is 11.3. The van der Waals surface area contributed by atoms with Gasteiger partial charge in [0.15, 0.2) is 0 Å². The highest BCUT2D eigenvalue weighted by molar-refractivity contribution is 5.55. The molecule has 0 amide bonds. The van der Waals surface area contributed by atoms with E-state index >= 15 is 0 Å². The van der Waals surface area contributed by atoms with Gasteiger partial charge in [-0.2, -0.15) is 0 Å². The van der Waals surface area contributed by atoms with Crippen LogP contribution in [0.4, 0.5) is 11.4 Å². The van der Waals surface area contributed by atoms with Crippen LogP contribution in [0.25, 0.3) is 0 Å². The monoisotopic (exact) mass is 218 g/mol. The molecule has 16 heavy (non-hydrogen) atoms. The molecule has 1 fully saturated rings. The van der Waals surface area contributed by atoms with Crippen LogP contribution >= 0.6 is 0 Å². The summed E-state index contributed by atoms with van der Waals surface area (Å²) in [6, 6.07) is 9.55. The van der Waals surface area contributed by atoms with Gasteiger partial charge >= 0.3 is 0 Å². The van der Waals surface area contributed by atoms with Crippen molar-refractivity contribution < 1.29 is 0 Å². The summed E-state index contributed by atoms with van der Waals surface area (Å²) in [5.41, 5.74) is 2.59. The van der Waals surface area contributed by atoms with Crippen molar-refractivity contribution in [3.05, 3.63) is 24.3 Å². The zero-order valence-corrected chi connectivity index (χ0v) is 10.4. The van der Waals surface area contributed by atoms with Gasteiger partial charge in [-0.05, 0) is 57.4 Å². The number of nitrogens with zero attached hydrogens (tertiary/aromatic N) is 1. The zero-order chi connectivity index (χ0) is 11.4. The summed E-state index contributed by atoms with van der Waals surface area (Å²) < 4.78 is 0. The molecule has 0 bridgehead atoms. The van der Waals surface area contributed by atoms with Gasteiger partial charge in [-0.3, -0.25) is 0 Å². The quantitative estimate of drug-likeness (QED) is 0.813. The van der Waals surface area contributed by atoms with Crippen LogP contribution in [0.5, 0.6) is 0 Å². The largest absolute Gasteiger partial charge is 0.382 e. The van der Waals surface area contributed by atoms with Crippen LogP contribution in [0, 0.1) is 0 Å². The summed E-state index contributed by atoms with van der Waals surface area (Å²) in [6.07, 6.45) is 4.05. The number of nitrogens with one attached hydrogen (secondary N) is 1. The average molecular weight is 218 g/mol. The predicted molar refractivity (Wildman–Crippen MR) is 71.3 cm³/mol. The number of anilines is 2. The predicted octanol–water partition coefficient (Wildman–Crippen LogP) is 3.50. The lowest BCUT2D eigenvalue weighted by Crippen LogP contribution is -2.27. The molecule has 0 saturated heterocycles. The van der Waals surface area contributed by atoms with E-state index in [1.54, 1.807) is 0 Å². The minimum atomic E-state index is 0.722. The summed E-state index contributed by atoms with van der Waals surface area (Å²) in [4.78, 5) is 2.37. The molecule has 0 unspecified atom stereocenters. The van der Waals surface area contributed by atoms with E-state index in [9.17, 15) is 0 Å². The second-order valence-corrected chi connectivity index (χ2v) is 4.49. The second kappa shape index (κ2) is 5.24. The third-order valence-electron chi connectivity index (χ3n) is 3.47. The Kier molecular flexibility index (Phi) is 3.70. The molecule has 1 N–H and O–H groups in total. The topological polar surface area (TPSA) is 15.3 Å². The number of hydrogen-bond acceptors (Lipinski definition) is 2. The summed E-state index contributed by atoms with van der Waals surface area (Å²) >= 11 is 0. The van der Waals surface area contributed by atoms with Crippen LogP contribution in [0.1, 0.15) is 33.1 Å². The maximum atomic E-state index is 3.56. The fourth-order valence-electron chi connectivity index (χ4n) is 2.15. The lowest BCUT2D eigenvalue weighted by molar-refractivity contribution is 0.445. The highest BCUT2D eigenvalue weighted by atomic mass is 15.1. The highest BCUT2D eigenvalue weighted by Gasteiger charge is 2.16. The second-order valence-electron chi connectivity index (χ2n) is 4.49. The van der Waals surface area contributed by atoms with E-state index in [2.05, 4.69) is 48.3 Å². The maximum absolute atomic E-state index is 3.56. The molecule has 0 atom stereocenters. The van der Waals surface area contributed by atoms with Crippen LogP contribution < -0.4 is 10.2 Å². The summed E-state index contributed by atoms with van der Waals surface area (Å²) in [7, 11) is 0. The SMILES string of the molecule is CCN(CC)c1ccc(NC2CCC2)cc1. The third-order valence-corrected chi connectivity index (χ3v) is 3.47. The molecule has 0 radical (unpaired) electrons. The molecule has 0 aliphatic heterocycles. The number of rotatable bonds is 5. The summed E-state index contributed by atoms with van der Waals surface area (Å²) in [6.45, 7) is 6.55. The zero-order valence-electron chi connectivity index (χ0n) is 10.4. The highest BCUT2D eigenvalue weighted by Crippen LogP contribution is 2.24. The van der Waals surface area contributed by atoms with Crippen molar-refractivity contribution in [1.82, 2.24) is 0 Å². The van der Waals surface area contributed by atoms with E-state index in [1.807, 2.05) is 0 Å². The first-order valence-electron chi connectivity index (χ1n) is 6.45. The Morgan fingerprint density at radius 1 is 1.12 bits per heavy atom. The molecule has 1 saturated carbocycles. The molecule has 2 nitrogen and oxygen atoms in total. The molecule has 0 aromatic heterocycles. The Bertz CT molecular complexity index is 310. The van der Waals surface area contributed by atoms with E-state index < -0.39 is 0 Å². The van der Waals surface area contributed by atoms with Gasteiger partial charge in [-0.25, -0.2) is 0 Å². The first-order valence-corrected chi connectivity index (χ1v) is 6.45. The molecule has 0 heterocycles. The van der Waals surface area contributed by atoms with Crippen molar-refractivity contribution >= 4 is 11.4 Å². The maximum Gasteiger partial charge on any atom is 0.0367 e. The Hall–Kier alpha value is -1.18. The van der Waals surface area contributed by atoms with E-state index in [-0.39, 0.29) is 0 Å². The van der Waals surface area contributed by atoms with Crippen LogP contribution in [-0.2, 0) is 0 Å². The van der Waals surface area contributed by atoms with Crippen molar-refractivity contribution in [3.63, 3.8) is 0 Å². The van der Waals surface area contributed by atoms with E-state index in [1.165, 1.54) is 30.6 Å². The van der Waals surface area contributed by atoms with Gasteiger partial charge in [-0.15, -0.1) is 0 Å². The Morgan fingerprint density at radius 2 is 1.75 bits per heavy atom. The van der Waals surface area contributed by atoms with Gasteiger partial charge in [0, 0.05) is 30.5 Å². The molecule has 2 heteroatoms. The fraction of sp³-hybridized carbons (Fsp3) is 0.571. The van der Waals surface area contributed by atoms with Crippen molar-refractivity contribution in [1.29, 1.82) is 0 Å². The minimum absolute atomic E-state index is 0.722. The van der Waals surface area contributed by atoms with Crippen molar-refractivity contribution in [3.8, 4) is 0 Å². The smallest absolute Gasteiger partial charge is 0.0367 e. The van der Waals surface area contributed by atoms with Gasteiger partial charge in [0.1, 0.15) is 0 Å². The fourth-order valence-corrected chi connectivity index (χ4v) is 2.15. The Balaban J connectivity index is 1.97. The van der Waals surface area contributed by atoms with Gasteiger partial charge in [0.05, 0.1) is 0 Å². The lowest BCUT2D eigenvalue weighted by atomic mass is 9.93. The first-order chi connectivity index (χ1) is 7.83. The standard InChI is InChI=1S/C14H22N2/c1-3-16(4-2)14-10-8-13(9-11-14)15-12-6-5-7-12/h8-12,15H,3-7H2,1-2H3. The van der Waals surface area contributed by atoms with Crippen LogP contribution in [0.2, 0.25) is 0 Å².